The number of nitrogens with two attached hydrogens (primary N) is 1. The van der Waals surface area contributed by atoms with Crippen molar-refractivity contribution in [3.8, 4) is 11.4 Å². The number of imidazole rings is 1. The van der Waals surface area contributed by atoms with Crippen molar-refractivity contribution in [1.29, 1.82) is 0 Å². The Morgan fingerprint density at radius 1 is 1.33 bits per heavy atom. The topological polar surface area (TPSA) is 53.1 Å². The SMILES string of the molecule is Nc1nccn1-c1ccc(OC(F)(F)F)c(Br)c1. The number of hydrogen-bond donors (Lipinski definition) is 1. The predicted molar refractivity (Wildman–Crippen MR) is 62.4 cm³/mol. The van der Waals surface area contributed by atoms with Crippen LogP contribution in [0.15, 0.2) is 35.1 Å². The summed E-state index contributed by atoms with van der Waals surface area (Å²) in [5.41, 5.74) is 6.16. The molecule has 1 heterocycles. The van der Waals surface area contributed by atoms with Crippen LogP contribution in [0.3, 0.4) is 0 Å². The molecule has 0 radical (unpaired) electrons. The van der Waals surface area contributed by atoms with Crippen LogP contribution >= 0.6 is 15.9 Å². The van der Waals surface area contributed by atoms with Gasteiger partial charge in [-0.25, -0.2) is 4.98 Å². The summed E-state index contributed by atoms with van der Waals surface area (Å²) in [6, 6.07) is 4.11. The van der Waals surface area contributed by atoms with E-state index in [1.165, 1.54) is 29.0 Å². The first-order valence-electron chi connectivity index (χ1n) is 4.71. The number of nitrogens with zero attached hydrogens (tertiary/aromatic N) is 2. The third kappa shape index (κ3) is 2.76. The Kier molecular flexibility index (Phi) is 3.20. The maximum atomic E-state index is 12.1. The van der Waals surface area contributed by atoms with Gasteiger partial charge in [-0.15, -0.1) is 13.2 Å². The second-order valence-electron chi connectivity index (χ2n) is 3.32. The molecule has 0 fully saturated rings. The molecule has 0 aliphatic heterocycles. The lowest BCUT2D eigenvalue weighted by Crippen LogP contribution is -2.17. The van der Waals surface area contributed by atoms with Crippen LogP contribution in [0, 0.1) is 0 Å². The Morgan fingerprint density at radius 2 is 2.06 bits per heavy atom. The van der Waals surface area contributed by atoms with E-state index in [2.05, 4.69) is 25.7 Å². The fourth-order valence-electron chi connectivity index (χ4n) is 1.38. The molecule has 0 atom stereocenters. The standard InChI is InChI=1S/C10H7BrF3N3O/c11-7-5-6(17-4-3-16-9(17)15)1-2-8(7)18-10(12,13)14/h1-5H,(H2,15,16). The molecule has 1 aromatic heterocycles. The summed E-state index contributed by atoms with van der Waals surface area (Å²) in [6.45, 7) is 0. The summed E-state index contributed by atoms with van der Waals surface area (Å²) in [4.78, 5) is 3.82. The molecular formula is C10H7BrF3N3O. The zero-order chi connectivity index (χ0) is 13.3. The van der Waals surface area contributed by atoms with Crippen LogP contribution in [0.5, 0.6) is 5.75 Å². The highest BCUT2D eigenvalue weighted by Crippen LogP contribution is 2.32. The van der Waals surface area contributed by atoms with Gasteiger partial charge in [0.25, 0.3) is 0 Å². The van der Waals surface area contributed by atoms with Crippen molar-refractivity contribution in [2.24, 2.45) is 0 Å². The lowest BCUT2D eigenvalue weighted by atomic mass is 10.3. The predicted octanol–water partition coefficient (Wildman–Crippen LogP) is 3.12. The second kappa shape index (κ2) is 4.52. The van der Waals surface area contributed by atoms with E-state index >= 15 is 0 Å². The van der Waals surface area contributed by atoms with Crippen molar-refractivity contribution in [3.63, 3.8) is 0 Å². The lowest BCUT2D eigenvalue weighted by molar-refractivity contribution is -0.274. The molecule has 0 bridgehead atoms. The minimum atomic E-state index is -4.72. The van der Waals surface area contributed by atoms with Gasteiger partial charge in [-0.3, -0.25) is 4.57 Å². The molecule has 0 aliphatic rings. The summed E-state index contributed by atoms with van der Waals surface area (Å²) >= 11 is 3.01. The molecule has 8 heteroatoms. The van der Waals surface area contributed by atoms with E-state index in [9.17, 15) is 13.2 Å². The Balaban J connectivity index is 2.34. The third-order valence-electron chi connectivity index (χ3n) is 2.09. The van der Waals surface area contributed by atoms with Gasteiger partial charge in [-0.2, -0.15) is 0 Å². The van der Waals surface area contributed by atoms with Crippen molar-refractivity contribution >= 4 is 21.9 Å². The smallest absolute Gasteiger partial charge is 0.405 e. The number of aromatic nitrogens is 2. The fourth-order valence-corrected chi connectivity index (χ4v) is 1.83. The molecule has 4 nitrogen and oxygen atoms in total. The van der Waals surface area contributed by atoms with Crippen LogP contribution < -0.4 is 10.5 Å². The van der Waals surface area contributed by atoms with Gasteiger partial charge in [0.2, 0.25) is 5.95 Å². The largest absolute Gasteiger partial charge is 0.573 e. The van der Waals surface area contributed by atoms with Gasteiger partial charge < -0.3 is 10.5 Å². The second-order valence-corrected chi connectivity index (χ2v) is 4.17. The Morgan fingerprint density at radius 3 is 2.56 bits per heavy atom. The summed E-state index contributed by atoms with van der Waals surface area (Å²) in [5, 5.41) is 0. The molecule has 0 amide bonds. The number of nitrogen functional groups attached to an aromatic ring is 1. The minimum Gasteiger partial charge on any atom is -0.405 e. The molecule has 96 valence electrons. The zero-order valence-electron chi connectivity index (χ0n) is 8.78. The van der Waals surface area contributed by atoms with E-state index in [-0.39, 0.29) is 16.2 Å². The number of benzene rings is 1. The Labute approximate surface area is 108 Å². The van der Waals surface area contributed by atoms with E-state index in [0.717, 1.165) is 0 Å². The molecular weight excluding hydrogens is 315 g/mol. The summed E-state index contributed by atoms with van der Waals surface area (Å²) < 4.78 is 41.8. The molecule has 0 spiro atoms. The molecule has 2 rings (SSSR count). The van der Waals surface area contributed by atoms with Gasteiger partial charge in [0, 0.05) is 18.1 Å². The molecule has 2 aromatic rings. The van der Waals surface area contributed by atoms with Crippen molar-refractivity contribution in [1.82, 2.24) is 9.55 Å². The number of anilines is 1. The van der Waals surface area contributed by atoms with Crippen LogP contribution in [0.25, 0.3) is 5.69 Å². The minimum absolute atomic E-state index is 0.172. The maximum Gasteiger partial charge on any atom is 0.573 e. The number of rotatable bonds is 2. The first-order chi connectivity index (χ1) is 8.37. The third-order valence-corrected chi connectivity index (χ3v) is 2.71. The first kappa shape index (κ1) is 12.7. The van der Waals surface area contributed by atoms with Crippen LogP contribution in [0.1, 0.15) is 0 Å². The molecule has 0 saturated carbocycles. The molecule has 2 N–H and O–H groups in total. The van der Waals surface area contributed by atoms with E-state index < -0.39 is 6.36 Å². The number of halogens is 4. The monoisotopic (exact) mass is 321 g/mol. The van der Waals surface area contributed by atoms with Crippen LogP contribution in [-0.2, 0) is 0 Å². The Hall–Kier alpha value is -1.70. The van der Waals surface area contributed by atoms with Crippen LogP contribution in [0.2, 0.25) is 0 Å². The molecule has 0 saturated heterocycles. The molecule has 1 aromatic carbocycles. The highest BCUT2D eigenvalue weighted by molar-refractivity contribution is 9.10. The van der Waals surface area contributed by atoms with Gasteiger partial charge >= 0.3 is 6.36 Å². The normalized spacial score (nSPS) is 11.6. The Bertz CT molecular complexity index is 568. The van der Waals surface area contributed by atoms with Gasteiger partial charge in [-0.1, -0.05) is 0 Å². The van der Waals surface area contributed by atoms with E-state index in [1.54, 1.807) is 6.20 Å². The van der Waals surface area contributed by atoms with E-state index in [4.69, 9.17) is 5.73 Å². The molecule has 0 unspecified atom stereocenters. The average molecular weight is 322 g/mol. The van der Waals surface area contributed by atoms with Gasteiger partial charge in [0.05, 0.1) is 4.47 Å². The van der Waals surface area contributed by atoms with Crippen molar-refractivity contribution in [2.75, 3.05) is 5.73 Å². The van der Waals surface area contributed by atoms with Crippen molar-refractivity contribution < 1.29 is 17.9 Å². The lowest BCUT2D eigenvalue weighted by Gasteiger charge is -2.12. The highest BCUT2D eigenvalue weighted by atomic mass is 79.9. The van der Waals surface area contributed by atoms with Crippen molar-refractivity contribution in [3.05, 3.63) is 35.1 Å². The molecule has 0 aliphatic carbocycles. The number of hydrogen-bond acceptors (Lipinski definition) is 3. The summed E-state index contributed by atoms with van der Waals surface area (Å²) in [5.74, 6) is -0.0728. The average Bonchev–Trinajstić information content (AvgIpc) is 2.66. The number of alkyl halides is 3. The van der Waals surface area contributed by atoms with E-state index in [1.807, 2.05) is 0 Å². The van der Waals surface area contributed by atoms with Gasteiger partial charge in [0.1, 0.15) is 5.75 Å². The first-order valence-corrected chi connectivity index (χ1v) is 5.50. The highest BCUT2D eigenvalue weighted by Gasteiger charge is 2.31. The van der Waals surface area contributed by atoms with Crippen LogP contribution in [0.4, 0.5) is 19.1 Å². The number of ether oxygens (including phenoxy) is 1. The van der Waals surface area contributed by atoms with E-state index in [0.29, 0.717) is 5.69 Å². The quantitative estimate of drug-likeness (QED) is 0.924. The van der Waals surface area contributed by atoms with Gasteiger partial charge in [0.15, 0.2) is 0 Å². The fraction of sp³-hybridized carbons (Fsp3) is 0.100. The zero-order valence-corrected chi connectivity index (χ0v) is 10.4. The van der Waals surface area contributed by atoms with Crippen molar-refractivity contribution in [2.45, 2.75) is 6.36 Å². The maximum absolute atomic E-state index is 12.1. The summed E-state index contributed by atoms with van der Waals surface area (Å²) in [6.07, 6.45) is -1.64. The van der Waals surface area contributed by atoms with Crippen LogP contribution in [-0.4, -0.2) is 15.9 Å². The van der Waals surface area contributed by atoms with Gasteiger partial charge in [-0.05, 0) is 34.1 Å². The summed E-state index contributed by atoms with van der Waals surface area (Å²) in [7, 11) is 0. The molecule has 18 heavy (non-hydrogen) atoms.